The number of nitrogens with one attached hydrogen (secondary N) is 2. The first-order chi connectivity index (χ1) is 19.9. The van der Waals surface area contributed by atoms with Crippen molar-refractivity contribution in [2.75, 3.05) is 19.6 Å². The van der Waals surface area contributed by atoms with Crippen LogP contribution in [-0.4, -0.2) is 45.1 Å². The van der Waals surface area contributed by atoms with Crippen molar-refractivity contribution in [1.29, 1.82) is 5.26 Å². The van der Waals surface area contributed by atoms with Crippen molar-refractivity contribution in [3.05, 3.63) is 123 Å². The second kappa shape index (κ2) is 15.2. The Balaban J connectivity index is 1.33. The van der Waals surface area contributed by atoms with Crippen molar-refractivity contribution < 1.29 is 4.79 Å². The summed E-state index contributed by atoms with van der Waals surface area (Å²) in [5, 5.41) is 16.9. The number of hydrogen-bond acceptors (Lipinski definition) is 4. The molecule has 1 amide bonds. The predicted octanol–water partition coefficient (Wildman–Crippen LogP) is 5.39. The van der Waals surface area contributed by atoms with Crippen molar-refractivity contribution in [2.24, 2.45) is 0 Å². The molecule has 1 heterocycles. The summed E-state index contributed by atoms with van der Waals surface area (Å²) < 4.78 is 1.93. The number of thiocarbonyl (C=S) groups is 1. The first-order valence-corrected chi connectivity index (χ1v) is 14.3. The van der Waals surface area contributed by atoms with E-state index in [1.165, 1.54) is 5.56 Å². The Hall–Kier alpha value is -3.90. The van der Waals surface area contributed by atoms with E-state index in [0.29, 0.717) is 53.4 Å². The first kappa shape index (κ1) is 30.1. The van der Waals surface area contributed by atoms with Gasteiger partial charge in [-0.1, -0.05) is 77.8 Å². The number of nitrogens with zero attached hydrogens (tertiary/aromatic N) is 4. The van der Waals surface area contributed by atoms with E-state index < -0.39 is 0 Å². The molecular formula is C31H30Cl2N6OS. The van der Waals surface area contributed by atoms with Gasteiger partial charge < -0.3 is 20.1 Å². The van der Waals surface area contributed by atoms with Crippen LogP contribution in [0.25, 0.3) is 0 Å². The van der Waals surface area contributed by atoms with E-state index in [0.717, 1.165) is 23.2 Å². The Labute approximate surface area is 255 Å². The molecule has 0 bridgehead atoms. The standard InChI is InChI=1S/C31H30Cl2N6OS/c32-28-8-4-7-26(30(28)33)21-38(31(41)37-14-13-23-5-2-1-3-6-23)16-15-36-29(40)17-27-19-35-22-39(27)20-25-11-9-24(18-34)10-12-25/h1-12,19,22H,13-17,20-21H2,(H,36,40)(H,37,41). The smallest absolute Gasteiger partial charge is 0.226 e. The summed E-state index contributed by atoms with van der Waals surface area (Å²) in [5.74, 6) is -0.115. The minimum Gasteiger partial charge on any atom is -0.362 e. The van der Waals surface area contributed by atoms with Crippen molar-refractivity contribution in [3.8, 4) is 6.07 Å². The lowest BCUT2D eigenvalue weighted by atomic mass is 10.1. The van der Waals surface area contributed by atoms with Crippen molar-refractivity contribution in [2.45, 2.75) is 25.9 Å². The molecule has 0 saturated heterocycles. The SMILES string of the molecule is N#Cc1ccc(Cn2cncc2CC(=O)NCCN(Cc2cccc(Cl)c2Cl)C(=S)NCCc2ccccc2)cc1. The summed E-state index contributed by atoms with van der Waals surface area (Å²) in [6.07, 6.45) is 4.43. The van der Waals surface area contributed by atoms with Gasteiger partial charge in [0.15, 0.2) is 5.11 Å². The summed E-state index contributed by atoms with van der Waals surface area (Å²) >= 11 is 18.4. The van der Waals surface area contributed by atoms with Gasteiger partial charge in [-0.25, -0.2) is 4.98 Å². The maximum Gasteiger partial charge on any atom is 0.226 e. The van der Waals surface area contributed by atoms with Gasteiger partial charge in [0.2, 0.25) is 5.91 Å². The van der Waals surface area contributed by atoms with E-state index in [1.807, 2.05) is 51.9 Å². The van der Waals surface area contributed by atoms with Gasteiger partial charge in [0, 0.05) is 44.6 Å². The zero-order valence-electron chi connectivity index (χ0n) is 22.4. The van der Waals surface area contributed by atoms with Gasteiger partial charge in [0.25, 0.3) is 0 Å². The van der Waals surface area contributed by atoms with E-state index in [2.05, 4.69) is 33.8 Å². The van der Waals surface area contributed by atoms with Crippen LogP contribution in [0.3, 0.4) is 0 Å². The minimum atomic E-state index is -0.115. The molecular weight excluding hydrogens is 575 g/mol. The number of amides is 1. The molecule has 7 nitrogen and oxygen atoms in total. The van der Waals surface area contributed by atoms with E-state index in [-0.39, 0.29) is 12.3 Å². The zero-order valence-corrected chi connectivity index (χ0v) is 24.7. The van der Waals surface area contributed by atoms with E-state index >= 15 is 0 Å². The van der Waals surface area contributed by atoms with Crippen LogP contribution in [0.5, 0.6) is 0 Å². The molecule has 41 heavy (non-hydrogen) atoms. The number of hydrogen-bond donors (Lipinski definition) is 2. The number of rotatable bonds is 12. The maximum atomic E-state index is 12.8. The van der Waals surface area contributed by atoms with Crippen molar-refractivity contribution in [3.63, 3.8) is 0 Å². The van der Waals surface area contributed by atoms with Gasteiger partial charge in [-0.3, -0.25) is 4.79 Å². The number of carbonyl (C=O) groups is 1. The molecule has 0 aliphatic rings. The van der Waals surface area contributed by atoms with Crippen LogP contribution in [0.2, 0.25) is 10.0 Å². The maximum absolute atomic E-state index is 12.8. The minimum absolute atomic E-state index is 0.115. The fourth-order valence-electron chi connectivity index (χ4n) is 4.28. The highest BCUT2D eigenvalue weighted by Crippen LogP contribution is 2.26. The monoisotopic (exact) mass is 604 g/mol. The molecule has 0 spiro atoms. The number of imidazole rings is 1. The summed E-state index contributed by atoms with van der Waals surface area (Å²) in [7, 11) is 0. The van der Waals surface area contributed by atoms with Gasteiger partial charge in [-0.2, -0.15) is 5.26 Å². The van der Waals surface area contributed by atoms with Gasteiger partial charge in [0.05, 0.1) is 34.4 Å². The molecule has 0 aliphatic heterocycles. The number of carbonyl (C=O) groups excluding carboxylic acids is 1. The highest BCUT2D eigenvalue weighted by Gasteiger charge is 2.15. The van der Waals surface area contributed by atoms with Crippen molar-refractivity contribution in [1.82, 2.24) is 25.1 Å². The van der Waals surface area contributed by atoms with E-state index in [1.54, 1.807) is 30.7 Å². The summed E-state index contributed by atoms with van der Waals surface area (Å²) in [4.78, 5) is 19.0. The third-order valence-corrected chi connectivity index (χ3v) is 7.75. The molecule has 1 aromatic heterocycles. The number of aromatic nitrogens is 2. The predicted molar refractivity (Wildman–Crippen MR) is 167 cm³/mol. The van der Waals surface area contributed by atoms with Crippen LogP contribution in [0.15, 0.2) is 85.3 Å². The topological polar surface area (TPSA) is 86.0 Å². The molecule has 4 aromatic rings. The third-order valence-electron chi connectivity index (χ3n) is 6.49. The van der Waals surface area contributed by atoms with Gasteiger partial charge >= 0.3 is 0 Å². The van der Waals surface area contributed by atoms with Crippen LogP contribution < -0.4 is 10.6 Å². The van der Waals surface area contributed by atoms with Gasteiger partial charge in [0.1, 0.15) is 0 Å². The fourth-order valence-corrected chi connectivity index (χ4v) is 4.91. The normalized spacial score (nSPS) is 10.6. The average Bonchev–Trinajstić information content (AvgIpc) is 3.41. The van der Waals surface area contributed by atoms with Crippen LogP contribution in [0.1, 0.15) is 27.9 Å². The molecule has 10 heteroatoms. The van der Waals surface area contributed by atoms with E-state index in [4.69, 9.17) is 40.7 Å². The fraction of sp³-hybridized carbons (Fsp3) is 0.226. The Kier molecular flexibility index (Phi) is 11.1. The lowest BCUT2D eigenvalue weighted by molar-refractivity contribution is -0.120. The Bertz CT molecular complexity index is 1500. The Morgan fingerprint density at radius 2 is 1.76 bits per heavy atom. The molecule has 3 aromatic carbocycles. The number of halogens is 2. The molecule has 2 N–H and O–H groups in total. The third kappa shape index (κ3) is 9.05. The highest BCUT2D eigenvalue weighted by molar-refractivity contribution is 7.80. The molecule has 0 atom stereocenters. The quantitative estimate of drug-likeness (QED) is 0.211. The van der Waals surface area contributed by atoms with Crippen LogP contribution in [0.4, 0.5) is 0 Å². The first-order valence-electron chi connectivity index (χ1n) is 13.2. The highest BCUT2D eigenvalue weighted by atomic mass is 35.5. The summed E-state index contributed by atoms with van der Waals surface area (Å²) in [5.41, 5.74) is 4.50. The molecule has 210 valence electrons. The molecule has 0 unspecified atom stereocenters. The largest absolute Gasteiger partial charge is 0.362 e. The average molecular weight is 606 g/mol. The second-order valence-electron chi connectivity index (χ2n) is 9.45. The molecule has 0 saturated carbocycles. The molecule has 4 rings (SSSR count). The lowest BCUT2D eigenvalue weighted by Gasteiger charge is -2.27. The van der Waals surface area contributed by atoms with Gasteiger partial charge in [-0.15, -0.1) is 0 Å². The Morgan fingerprint density at radius 1 is 0.976 bits per heavy atom. The molecule has 0 fully saturated rings. The van der Waals surface area contributed by atoms with Crippen LogP contribution in [-0.2, 0) is 30.7 Å². The lowest BCUT2D eigenvalue weighted by Crippen LogP contribution is -2.44. The van der Waals surface area contributed by atoms with Crippen LogP contribution in [0, 0.1) is 11.3 Å². The molecule has 0 aliphatic carbocycles. The van der Waals surface area contributed by atoms with E-state index in [9.17, 15) is 4.79 Å². The summed E-state index contributed by atoms with van der Waals surface area (Å²) in [6, 6.07) is 25.2. The van der Waals surface area contributed by atoms with Crippen LogP contribution >= 0.6 is 35.4 Å². The van der Waals surface area contributed by atoms with Gasteiger partial charge in [-0.05, 0) is 53.5 Å². The number of benzene rings is 3. The summed E-state index contributed by atoms with van der Waals surface area (Å²) in [6.45, 7) is 2.56. The second-order valence-corrected chi connectivity index (χ2v) is 10.6. The zero-order chi connectivity index (χ0) is 29.0. The Morgan fingerprint density at radius 3 is 2.51 bits per heavy atom. The number of nitriles is 1. The van der Waals surface area contributed by atoms with Crippen molar-refractivity contribution >= 4 is 46.4 Å². The molecule has 0 radical (unpaired) electrons.